The van der Waals surface area contributed by atoms with Gasteiger partial charge in [-0.15, -0.1) is 0 Å². The Labute approximate surface area is 375 Å². The molecule has 1 saturated heterocycles. The molecule has 2 aliphatic heterocycles. The van der Waals surface area contributed by atoms with E-state index >= 15 is 0 Å². The summed E-state index contributed by atoms with van der Waals surface area (Å²) in [5.74, 6) is -1.41. The monoisotopic (exact) mass is 893 g/mol. The van der Waals surface area contributed by atoms with Crippen molar-refractivity contribution in [2.24, 2.45) is 11.8 Å². The van der Waals surface area contributed by atoms with Gasteiger partial charge in [0.1, 0.15) is 0 Å². The third-order valence-corrected chi connectivity index (χ3v) is 28.7. The summed E-state index contributed by atoms with van der Waals surface area (Å²) in [4.78, 5) is 0. The van der Waals surface area contributed by atoms with E-state index in [0.717, 1.165) is 19.3 Å². The fraction of sp³-hybridized carbons (Fsp3) is 0.686. The van der Waals surface area contributed by atoms with Crippen molar-refractivity contribution in [1.82, 2.24) is 0 Å². The Hall–Kier alpha value is -1.71. The molecule has 61 heavy (non-hydrogen) atoms. The number of allylic oxidation sites excluding steroid dienone is 1. The number of hydrogen-bond acceptors (Lipinski definition) is 7. The first kappa shape index (κ1) is 50.3. The van der Waals surface area contributed by atoms with Crippen molar-refractivity contribution in [2.45, 2.75) is 199 Å². The second-order valence-corrected chi connectivity index (χ2v) is 36.8. The number of rotatable bonds is 13. The van der Waals surface area contributed by atoms with Crippen LogP contribution in [0, 0.1) is 11.8 Å². The third-order valence-electron chi connectivity index (χ3n) is 14.7. The fourth-order valence-corrected chi connectivity index (χ4v) is 16.6. The summed E-state index contributed by atoms with van der Waals surface area (Å²) < 4.78 is 48.5. The Morgan fingerprint density at radius 1 is 0.770 bits per heavy atom. The van der Waals surface area contributed by atoms with Crippen LogP contribution in [0.5, 0.6) is 0 Å². The zero-order valence-electron chi connectivity index (χ0n) is 41.4. The average molecular weight is 893 g/mol. The maximum Gasteiger partial charge on any atom is 0.261 e. The molecule has 2 fully saturated rings. The number of ether oxygens (including phenoxy) is 4. The smallest absolute Gasteiger partial charge is 0.261 e. The normalized spacial score (nSPS) is 28.2. The van der Waals surface area contributed by atoms with Crippen LogP contribution in [0.15, 0.2) is 84.5 Å². The largest absolute Gasteiger partial charge is 0.410 e. The number of hydrogen-bond donors (Lipinski definition) is 0. The standard InChI is InChI=1S/C51H84O7Si3/c1-37(33-39-29-30-43(44(34-39)52-14)56-61(49(9,10)11,41-25-21-19-22-26-41)42-27-23-20-24-28-42)46(57-60(17,18)48(6,7)8)38(2)45-35-51(58-50(12,13)54-45)32-31-40(36-53-51)55-59(15,16)47(3,4)5/h19-28,31-33,38-40,43-46H,29-30,34-36H2,1-18H3/b37-33+/t38-,39+,40-,43-,44-,45+,46+,51+/m1/s1. The summed E-state index contributed by atoms with van der Waals surface area (Å²) in [6.07, 6.45) is 9.68. The van der Waals surface area contributed by atoms with Gasteiger partial charge in [-0.1, -0.05) is 142 Å². The summed E-state index contributed by atoms with van der Waals surface area (Å²) in [6.45, 7) is 39.2. The van der Waals surface area contributed by atoms with E-state index in [0.29, 0.717) is 18.9 Å². The predicted octanol–water partition coefficient (Wildman–Crippen LogP) is 11.9. The second kappa shape index (κ2) is 18.6. The summed E-state index contributed by atoms with van der Waals surface area (Å²) >= 11 is 0. The summed E-state index contributed by atoms with van der Waals surface area (Å²) in [5.41, 5.74) is 1.26. The van der Waals surface area contributed by atoms with Crippen LogP contribution in [0.2, 0.25) is 41.3 Å². The SMILES string of the molecule is CO[C@@H]1C[C@H](/C=C(\C)[C@H](O[Si](C)(C)C(C)(C)C)[C@H](C)[C@@H]2C[C@]3(C=C[C@@H](O[Si](C)(C)C(C)(C)C)CO3)OC(C)(C)O2)CC[C@H]1O[Si](c1ccccc1)(c1ccccc1)C(C)(C)C. The zero-order valence-corrected chi connectivity index (χ0v) is 44.4. The van der Waals surface area contributed by atoms with Gasteiger partial charge in [-0.3, -0.25) is 0 Å². The highest BCUT2D eigenvalue weighted by atomic mass is 28.4. The topological polar surface area (TPSA) is 64.6 Å². The number of methoxy groups -OCH3 is 1. The first-order valence-electron chi connectivity index (χ1n) is 23.1. The van der Waals surface area contributed by atoms with Crippen LogP contribution in [0.4, 0.5) is 0 Å². The van der Waals surface area contributed by atoms with Crippen LogP contribution in [-0.2, 0) is 32.2 Å². The molecule has 0 N–H and O–H groups in total. The van der Waals surface area contributed by atoms with E-state index in [1.807, 2.05) is 21.0 Å². The zero-order chi connectivity index (χ0) is 45.5. The van der Waals surface area contributed by atoms with E-state index in [4.69, 9.17) is 32.2 Å². The van der Waals surface area contributed by atoms with Crippen molar-refractivity contribution in [2.75, 3.05) is 13.7 Å². The molecule has 7 nitrogen and oxygen atoms in total. The molecule has 2 heterocycles. The molecular formula is C51H84O7Si3. The molecule has 342 valence electrons. The van der Waals surface area contributed by atoms with E-state index in [9.17, 15) is 0 Å². The van der Waals surface area contributed by atoms with Crippen molar-refractivity contribution in [3.63, 3.8) is 0 Å². The lowest BCUT2D eigenvalue weighted by Gasteiger charge is -2.51. The molecule has 3 aliphatic rings. The molecule has 1 aliphatic carbocycles. The fourth-order valence-electron chi connectivity index (χ4n) is 9.22. The predicted molar refractivity (Wildman–Crippen MR) is 260 cm³/mol. The Bertz CT molecular complexity index is 1750. The van der Waals surface area contributed by atoms with Crippen LogP contribution >= 0.6 is 0 Å². The van der Waals surface area contributed by atoms with Crippen molar-refractivity contribution in [3.05, 3.63) is 84.5 Å². The first-order chi connectivity index (χ1) is 28.1. The highest BCUT2D eigenvalue weighted by Gasteiger charge is 2.54. The Kier molecular flexibility index (Phi) is 15.4. The van der Waals surface area contributed by atoms with Gasteiger partial charge in [0.15, 0.2) is 28.2 Å². The lowest BCUT2D eigenvalue weighted by molar-refractivity contribution is -0.393. The Balaban J connectivity index is 1.42. The van der Waals surface area contributed by atoms with Crippen molar-refractivity contribution < 1.29 is 32.2 Å². The highest BCUT2D eigenvalue weighted by Crippen LogP contribution is 2.46. The van der Waals surface area contributed by atoms with Gasteiger partial charge in [-0.05, 0) is 109 Å². The van der Waals surface area contributed by atoms with E-state index < -0.39 is 36.5 Å². The molecule has 0 unspecified atom stereocenters. The van der Waals surface area contributed by atoms with Gasteiger partial charge in [0.25, 0.3) is 8.32 Å². The molecule has 8 atom stereocenters. The van der Waals surface area contributed by atoms with E-state index in [1.54, 1.807) is 0 Å². The minimum atomic E-state index is -2.75. The van der Waals surface area contributed by atoms with Gasteiger partial charge >= 0.3 is 0 Å². The van der Waals surface area contributed by atoms with Crippen molar-refractivity contribution in [3.8, 4) is 0 Å². The molecule has 1 saturated carbocycles. The molecule has 1 spiro atoms. The second-order valence-electron chi connectivity index (χ2n) is 23.0. The quantitative estimate of drug-likeness (QED) is 0.147. The van der Waals surface area contributed by atoms with Gasteiger partial charge in [0.2, 0.25) is 0 Å². The minimum Gasteiger partial charge on any atom is -0.410 e. The first-order valence-corrected chi connectivity index (χ1v) is 30.8. The van der Waals surface area contributed by atoms with Gasteiger partial charge in [0.05, 0.1) is 37.1 Å². The summed E-state index contributed by atoms with van der Waals surface area (Å²) in [7, 11) is -5.10. The van der Waals surface area contributed by atoms with E-state index in [2.05, 4.69) is 181 Å². The minimum absolute atomic E-state index is 0.0241. The number of benzene rings is 2. The molecule has 0 amide bonds. The van der Waals surface area contributed by atoms with Crippen LogP contribution in [0.3, 0.4) is 0 Å². The molecule has 0 radical (unpaired) electrons. The lowest BCUT2D eigenvalue weighted by Crippen LogP contribution is -2.68. The molecule has 10 heteroatoms. The average Bonchev–Trinajstić information content (AvgIpc) is 3.15. The molecule has 2 aromatic carbocycles. The maximum atomic E-state index is 7.68. The Morgan fingerprint density at radius 2 is 1.33 bits per heavy atom. The van der Waals surface area contributed by atoms with Crippen molar-refractivity contribution in [1.29, 1.82) is 0 Å². The molecule has 5 rings (SSSR count). The van der Waals surface area contributed by atoms with Crippen molar-refractivity contribution >= 4 is 35.3 Å². The third kappa shape index (κ3) is 11.4. The summed E-state index contributed by atoms with van der Waals surface area (Å²) in [6, 6.07) is 21.9. The summed E-state index contributed by atoms with van der Waals surface area (Å²) in [5, 5.41) is 2.64. The van der Waals surface area contributed by atoms with Gasteiger partial charge in [-0.2, -0.15) is 0 Å². The molecular weight excluding hydrogens is 809 g/mol. The maximum absolute atomic E-state index is 7.68. The van der Waals surface area contributed by atoms with Crippen LogP contribution in [0.1, 0.15) is 116 Å². The highest BCUT2D eigenvalue weighted by molar-refractivity contribution is 6.99. The van der Waals surface area contributed by atoms with E-state index in [1.165, 1.54) is 15.9 Å². The van der Waals surface area contributed by atoms with Gasteiger partial charge < -0.3 is 32.2 Å². The Morgan fingerprint density at radius 3 is 1.80 bits per heavy atom. The van der Waals surface area contributed by atoms with Gasteiger partial charge in [-0.25, -0.2) is 0 Å². The van der Waals surface area contributed by atoms with Crippen LogP contribution < -0.4 is 10.4 Å². The van der Waals surface area contributed by atoms with Gasteiger partial charge in [0, 0.05) is 19.4 Å². The molecule has 0 aromatic heterocycles. The lowest BCUT2D eigenvalue weighted by atomic mass is 9.82. The van der Waals surface area contributed by atoms with Crippen LogP contribution in [0.25, 0.3) is 0 Å². The van der Waals surface area contributed by atoms with Crippen LogP contribution in [-0.4, -0.2) is 80.8 Å². The van der Waals surface area contributed by atoms with E-state index in [-0.39, 0.29) is 51.6 Å². The molecule has 0 bridgehead atoms. The molecule has 2 aromatic rings.